The van der Waals surface area contributed by atoms with E-state index in [-0.39, 0.29) is 12.2 Å². The standard InChI is InChI=1S/C23H28N4O/c1-27-14-11-19(12-15-27)28-22(18-8-4-6-17(16-18)7-5-13-24)23-25-20-9-2-3-10-21(20)26-23/h2-10,16,19,22H,11-15,24H2,1H3,(H,25,26). The smallest absolute Gasteiger partial charge is 0.141 e. The maximum atomic E-state index is 6.63. The Hall–Kier alpha value is -2.47. The van der Waals surface area contributed by atoms with Crippen molar-refractivity contribution in [2.75, 3.05) is 26.7 Å². The molecular formula is C23H28N4O. The maximum Gasteiger partial charge on any atom is 0.141 e. The molecule has 2 aromatic carbocycles. The van der Waals surface area contributed by atoms with E-state index in [1.165, 1.54) is 0 Å². The number of piperidine rings is 1. The summed E-state index contributed by atoms with van der Waals surface area (Å²) >= 11 is 0. The fourth-order valence-corrected chi connectivity index (χ4v) is 3.74. The Kier molecular flexibility index (Phi) is 5.86. The van der Waals surface area contributed by atoms with Gasteiger partial charge in [-0.3, -0.25) is 0 Å². The number of nitrogens with two attached hydrogens (primary N) is 1. The van der Waals surface area contributed by atoms with Gasteiger partial charge in [0.1, 0.15) is 11.9 Å². The summed E-state index contributed by atoms with van der Waals surface area (Å²) in [5, 5.41) is 0. The first kappa shape index (κ1) is 18.9. The van der Waals surface area contributed by atoms with Crippen molar-refractivity contribution in [2.24, 2.45) is 5.73 Å². The van der Waals surface area contributed by atoms with E-state index in [9.17, 15) is 0 Å². The third kappa shape index (κ3) is 4.33. The number of ether oxygens (including phenoxy) is 1. The molecule has 1 aliphatic heterocycles. The van der Waals surface area contributed by atoms with Gasteiger partial charge in [0, 0.05) is 19.6 Å². The quantitative estimate of drug-likeness (QED) is 0.688. The molecule has 28 heavy (non-hydrogen) atoms. The molecular weight excluding hydrogens is 348 g/mol. The minimum absolute atomic E-state index is 0.216. The zero-order chi connectivity index (χ0) is 19.3. The summed E-state index contributed by atoms with van der Waals surface area (Å²) in [7, 11) is 2.17. The first-order chi connectivity index (χ1) is 13.7. The highest BCUT2D eigenvalue weighted by Gasteiger charge is 2.26. The van der Waals surface area contributed by atoms with Gasteiger partial charge in [0.15, 0.2) is 0 Å². The number of benzene rings is 2. The number of hydrogen-bond donors (Lipinski definition) is 2. The van der Waals surface area contributed by atoms with E-state index in [1.807, 2.05) is 24.3 Å². The van der Waals surface area contributed by atoms with Crippen molar-refractivity contribution < 1.29 is 4.74 Å². The Morgan fingerprint density at radius 3 is 2.82 bits per heavy atom. The van der Waals surface area contributed by atoms with Gasteiger partial charge in [-0.2, -0.15) is 0 Å². The minimum atomic E-state index is -0.216. The van der Waals surface area contributed by atoms with Crippen LogP contribution in [0.2, 0.25) is 0 Å². The summed E-state index contributed by atoms with van der Waals surface area (Å²) in [4.78, 5) is 10.7. The fourth-order valence-electron chi connectivity index (χ4n) is 3.74. The second-order valence-corrected chi connectivity index (χ2v) is 7.47. The van der Waals surface area contributed by atoms with E-state index in [0.29, 0.717) is 6.54 Å². The van der Waals surface area contributed by atoms with Gasteiger partial charge in [0.2, 0.25) is 0 Å². The lowest BCUT2D eigenvalue weighted by molar-refractivity contribution is -0.0264. The maximum absolute atomic E-state index is 6.63. The van der Waals surface area contributed by atoms with Crippen LogP contribution in [0.15, 0.2) is 54.6 Å². The number of aromatic nitrogens is 2. The summed E-state index contributed by atoms with van der Waals surface area (Å²) in [5.41, 5.74) is 9.84. The first-order valence-corrected chi connectivity index (χ1v) is 9.98. The second kappa shape index (κ2) is 8.69. The molecule has 5 nitrogen and oxygen atoms in total. The van der Waals surface area contributed by atoms with Crippen LogP contribution in [-0.4, -0.2) is 47.7 Å². The lowest BCUT2D eigenvalue weighted by Crippen LogP contribution is -2.35. The molecule has 0 spiro atoms. The average molecular weight is 377 g/mol. The van der Waals surface area contributed by atoms with Gasteiger partial charge in [-0.1, -0.05) is 42.5 Å². The van der Waals surface area contributed by atoms with E-state index in [0.717, 1.165) is 53.9 Å². The Bertz CT molecular complexity index is 907. The zero-order valence-electron chi connectivity index (χ0n) is 16.3. The third-order valence-corrected chi connectivity index (χ3v) is 5.31. The van der Waals surface area contributed by atoms with Crippen LogP contribution in [0, 0.1) is 0 Å². The third-order valence-electron chi connectivity index (χ3n) is 5.31. The highest BCUT2D eigenvalue weighted by atomic mass is 16.5. The van der Waals surface area contributed by atoms with Crippen LogP contribution >= 0.6 is 0 Å². The number of fused-ring (bicyclic) bond motifs is 1. The van der Waals surface area contributed by atoms with Crippen molar-refractivity contribution in [3.63, 3.8) is 0 Å². The van der Waals surface area contributed by atoms with Gasteiger partial charge < -0.3 is 20.4 Å². The van der Waals surface area contributed by atoms with Crippen LogP contribution in [0.1, 0.15) is 35.9 Å². The largest absolute Gasteiger partial charge is 0.362 e. The highest BCUT2D eigenvalue weighted by molar-refractivity contribution is 5.75. The fraction of sp³-hybridized carbons (Fsp3) is 0.348. The molecule has 1 fully saturated rings. The zero-order valence-corrected chi connectivity index (χ0v) is 16.3. The molecule has 2 heterocycles. The Balaban J connectivity index is 1.67. The summed E-state index contributed by atoms with van der Waals surface area (Å²) in [6, 6.07) is 16.6. The Labute approximate surface area is 166 Å². The first-order valence-electron chi connectivity index (χ1n) is 9.98. The number of para-hydroxylation sites is 2. The monoisotopic (exact) mass is 376 g/mol. The van der Waals surface area contributed by atoms with Gasteiger partial charge in [-0.25, -0.2) is 4.98 Å². The highest BCUT2D eigenvalue weighted by Crippen LogP contribution is 2.30. The van der Waals surface area contributed by atoms with Gasteiger partial charge in [0.25, 0.3) is 0 Å². The molecule has 3 N–H and O–H groups in total. The van der Waals surface area contributed by atoms with Crippen LogP contribution in [0.3, 0.4) is 0 Å². The van der Waals surface area contributed by atoms with E-state index in [1.54, 1.807) is 0 Å². The molecule has 4 rings (SSSR count). The number of aromatic amines is 1. The van der Waals surface area contributed by atoms with Crippen molar-refractivity contribution in [3.8, 4) is 0 Å². The van der Waals surface area contributed by atoms with E-state index < -0.39 is 0 Å². The Morgan fingerprint density at radius 1 is 1.21 bits per heavy atom. The van der Waals surface area contributed by atoms with Crippen LogP contribution in [-0.2, 0) is 4.74 Å². The number of imidazole rings is 1. The number of H-pyrrole nitrogens is 1. The predicted octanol–water partition coefficient (Wildman–Crippen LogP) is 3.74. The number of likely N-dealkylation sites (tertiary alicyclic amines) is 1. The molecule has 0 amide bonds. The normalized spacial score (nSPS) is 17.5. The molecule has 1 atom stereocenters. The topological polar surface area (TPSA) is 67.2 Å². The summed E-state index contributed by atoms with van der Waals surface area (Å²) in [6.45, 7) is 2.66. The molecule has 0 radical (unpaired) electrons. The minimum Gasteiger partial charge on any atom is -0.362 e. The van der Waals surface area contributed by atoms with Crippen molar-refractivity contribution >= 4 is 17.1 Å². The van der Waals surface area contributed by atoms with E-state index in [4.69, 9.17) is 15.5 Å². The van der Waals surface area contributed by atoms with Gasteiger partial charge in [-0.15, -0.1) is 0 Å². The summed E-state index contributed by atoms with van der Waals surface area (Å²) in [6.07, 6.45) is 6.12. The molecule has 5 heteroatoms. The van der Waals surface area contributed by atoms with Gasteiger partial charge >= 0.3 is 0 Å². The lowest BCUT2D eigenvalue weighted by Gasteiger charge is -2.31. The van der Waals surface area contributed by atoms with Crippen LogP contribution in [0.5, 0.6) is 0 Å². The molecule has 1 aromatic heterocycles. The van der Waals surface area contributed by atoms with Crippen molar-refractivity contribution in [2.45, 2.75) is 25.0 Å². The average Bonchev–Trinajstić information content (AvgIpc) is 3.16. The van der Waals surface area contributed by atoms with Crippen LogP contribution < -0.4 is 5.73 Å². The molecule has 0 bridgehead atoms. The second-order valence-electron chi connectivity index (χ2n) is 7.47. The van der Waals surface area contributed by atoms with E-state index in [2.05, 4.69) is 53.3 Å². The Morgan fingerprint density at radius 2 is 2.04 bits per heavy atom. The van der Waals surface area contributed by atoms with E-state index >= 15 is 0 Å². The van der Waals surface area contributed by atoms with Gasteiger partial charge in [-0.05, 0) is 49.2 Å². The van der Waals surface area contributed by atoms with Crippen molar-refractivity contribution in [1.82, 2.24) is 14.9 Å². The molecule has 1 unspecified atom stereocenters. The van der Waals surface area contributed by atoms with Crippen molar-refractivity contribution in [1.29, 1.82) is 0 Å². The summed E-state index contributed by atoms with van der Waals surface area (Å²) < 4.78 is 6.63. The molecule has 0 saturated carbocycles. The molecule has 0 aliphatic carbocycles. The molecule has 1 aliphatic rings. The summed E-state index contributed by atoms with van der Waals surface area (Å²) in [5.74, 6) is 0.861. The van der Waals surface area contributed by atoms with Crippen LogP contribution in [0.25, 0.3) is 17.1 Å². The van der Waals surface area contributed by atoms with Crippen molar-refractivity contribution in [3.05, 3.63) is 71.6 Å². The number of hydrogen-bond acceptors (Lipinski definition) is 4. The number of rotatable bonds is 6. The lowest BCUT2D eigenvalue weighted by atomic mass is 10.0. The van der Waals surface area contributed by atoms with Crippen LogP contribution in [0.4, 0.5) is 0 Å². The number of nitrogens with one attached hydrogen (secondary N) is 1. The molecule has 1 saturated heterocycles. The SMILES string of the molecule is CN1CCC(OC(c2cccc(C=CCN)c2)c2nc3ccccc3[nH]2)CC1. The van der Waals surface area contributed by atoms with Gasteiger partial charge in [0.05, 0.1) is 17.1 Å². The molecule has 3 aromatic rings. The molecule has 146 valence electrons. The predicted molar refractivity (Wildman–Crippen MR) is 114 cm³/mol. The number of nitrogens with zero attached hydrogens (tertiary/aromatic N) is 2.